The van der Waals surface area contributed by atoms with E-state index in [4.69, 9.17) is 5.11 Å². The monoisotopic (exact) mass is 248 g/mol. The summed E-state index contributed by atoms with van der Waals surface area (Å²) in [7, 11) is 0. The lowest BCUT2D eigenvalue weighted by Crippen LogP contribution is -2.15. The smallest absolute Gasteiger partial charge is 0.311 e. The average Bonchev–Trinajstić information content (AvgIpc) is 2.13. The summed E-state index contributed by atoms with van der Waals surface area (Å²) in [6, 6.07) is 3.95. The quantitative estimate of drug-likeness (QED) is 0.660. The first-order valence-corrected chi connectivity index (χ1v) is 5.99. The fraction of sp³-hybridized carbons (Fsp3) is 0.467. The first-order valence-electron chi connectivity index (χ1n) is 5.99. The molecule has 0 fully saturated rings. The summed E-state index contributed by atoms with van der Waals surface area (Å²) in [4.78, 5) is 22.5. The van der Waals surface area contributed by atoms with Gasteiger partial charge in [0.15, 0.2) is 5.78 Å². The molecule has 3 nitrogen and oxygen atoms in total. The number of hydrogen-bond donors (Lipinski definition) is 1. The molecule has 1 rings (SSSR count). The minimum Gasteiger partial charge on any atom is -0.481 e. The summed E-state index contributed by atoms with van der Waals surface area (Å²) in [5.74, 6) is -1.41. The van der Waals surface area contributed by atoms with Crippen LogP contribution in [0.4, 0.5) is 0 Å². The van der Waals surface area contributed by atoms with Crippen molar-refractivity contribution in [3.05, 3.63) is 34.4 Å². The fourth-order valence-electron chi connectivity index (χ4n) is 2.06. The van der Waals surface area contributed by atoms with Crippen molar-refractivity contribution < 1.29 is 14.7 Å². The molecule has 3 heteroatoms. The maximum atomic E-state index is 11.9. The molecule has 1 N–H and O–H groups in total. The lowest BCUT2D eigenvalue weighted by atomic mass is 9.83. The predicted molar refractivity (Wildman–Crippen MR) is 71.2 cm³/mol. The van der Waals surface area contributed by atoms with Crippen LogP contribution in [-0.2, 0) is 10.2 Å². The summed E-state index contributed by atoms with van der Waals surface area (Å²) in [5, 5.41) is 8.69. The van der Waals surface area contributed by atoms with Crippen LogP contribution in [-0.4, -0.2) is 16.9 Å². The molecule has 0 unspecified atom stereocenters. The van der Waals surface area contributed by atoms with E-state index < -0.39 is 12.4 Å². The van der Waals surface area contributed by atoms with Crippen molar-refractivity contribution in [2.75, 3.05) is 0 Å². The van der Waals surface area contributed by atoms with Gasteiger partial charge in [0.1, 0.15) is 6.42 Å². The van der Waals surface area contributed by atoms with E-state index in [1.807, 2.05) is 26.0 Å². The Morgan fingerprint density at radius 3 is 1.89 bits per heavy atom. The Morgan fingerprint density at radius 2 is 1.56 bits per heavy atom. The Kier molecular flexibility index (Phi) is 3.95. The number of hydrogen-bond acceptors (Lipinski definition) is 2. The van der Waals surface area contributed by atoms with Crippen LogP contribution in [0.2, 0.25) is 0 Å². The van der Waals surface area contributed by atoms with Crippen LogP contribution in [0.5, 0.6) is 0 Å². The summed E-state index contributed by atoms with van der Waals surface area (Å²) in [6.45, 7) is 10.1. The van der Waals surface area contributed by atoms with Crippen LogP contribution < -0.4 is 0 Å². The van der Waals surface area contributed by atoms with Gasteiger partial charge in [-0.15, -0.1) is 0 Å². The summed E-state index contributed by atoms with van der Waals surface area (Å²) < 4.78 is 0. The number of aliphatic carboxylic acids is 1. The molecule has 98 valence electrons. The number of carboxylic acid groups (broad SMARTS) is 1. The molecule has 0 radical (unpaired) electrons. The lowest BCUT2D eigenvalue weighted by molar-refractivity contribution is -0.135. The van der Waals surface area contributed by atoms with Gasteiger partial charge in [0.25, 0.3) is 0 Å². The Balaban J connectivity index is 3.25. The van der Waals surface area contributed by atoms with Crippen molar-refractivity contribution in [2.24, 2.45) is 0 Å². The number of aryl methyl sites for hydroxylation is 2. The molecule has 0 saturated heterocycles. The number of Topliss-reactive ketones (excluding diaryl/α,β-unsaturated/α-hetero) is 1. The van der Waals surface area contributed by atoms with E-state index in [9.17, 15) is 9.59 Å². The minimum atomic E-state index is -1.08. The standard InChI is InChI=1S/C15H20O3/c1-9-6-11(15(3,4)5)7-10(2)14(9)12(16)8-13(17)18/h6-7H,8H2,1-5H3,(H,17,18). The Hall–Kier alpha value is -1.64. The van der Waals surface area contributed by atoms with Crippen molar-refractivity contribution in [3.8, 4) is 0 Å². The molecule has 0 spiro atoms. The van der Waals surface area contributed by atoms with Gasteiger partial charge in [0, 0.05) is 5.56 Å². The highest BCUT2D eigenvalue weighted by atomic mass is 16.4. The van der Waals surface area contributed by atoms with Gasteiger partial charge in [0.2, 0.25) is 0 Å². The number of rotatable bonds is 3. The van der Waals surface area contributed by atoms with Crippen LogP contribution in [0.1, 0.15) is 54.2 Å². The van der Waals surface area contributed by atoms with E-state index in [1.54, 1.807) is 0 Å². The van der Waals surface area contributed by atoms with Gasteiger partial charge in [-0.3, -0.25) is 9.59 Å². The van der Waals surface area contributed by atoms with Gasteiger partial charge < -0.3 is 5.11 Å². The van der Waals surface area contributed by atoms with Crippen LogP contribution in [0.3, 0.4) is 0 Å². The largest absolute Gasteiger partial charge is 0.481 e. The van der Waals surface area contributed by atoms with Crippen molar-refractivity contribution in [1.29, 1.82) is 0 Å². The molecule has 0 aliphatic carbocycles. The predicted octanol–water partition coefficient (Wildman–Crippen LogP) is 3.26. The third kappa shape index (κ3) is 3.19. The van der Waals surface area contributed by atoms with Crippen molar-refractivity contribution in [2.45, 2.75) is 46.5 Å². The van der Waals surface area contributed by atoms with E-state index in [0.29, 0.717) is 5.56 Å². The number of carboxylic acids is 1. The van der Waals surface area contributed by atoms with Gasteiger partial charge in [-0.25, -0.2) is 0 Å². The molecule has 0 bridgehead atoms. The van der Waals surface area contributed by atoms with Crippen LogP contribution >= 0.6 is 0 Å². The molecule has 0 aromatic heterocycles. The van der Waals surface area contributed by atoms with Crippen molar-refractivity contribution in [3.63, 3.8) is 0 Å². The van der Waals surface area contributed by atoms with Crippen LogP contribution in [0, 0.1) is 13.8 Å². The normalized spacial score (nSPS) is 11.4. The molecule has 0 aliphatic heterocycles. The highest BCUT2D eigenvalue weighted by Gasteiger charge is 2.20. The van der Waals surface area contributed by atoms with E-state index in [0.717, 1.165) is 16.7 Å². The third-order valence-electron chi connectivity index (χ3n) is 2.99. The fourth-order valence-corrected chi connectivity index (χ4v) is 2.06. The maximum absolute atomic E-state index is 11.9. The molecule has 1 aromatic carbocycles. The number of carbonyl (C=O) groups excluding carboxylic acids is 1. The number of ketones is 1. The van der Waals surface area contributed by atoms with E-state index in [2.05, 4.69) is 20.8 Å². The first-order chi connectivity index (χ1) is 8.12. The van der Waals surface area contributed by atoms with Crippen molar-refractivity contribution in [1.82, 2.24) is 0 Å². The second-order valence-electron chi connectivity index (χ2n) is 5.73. The number of benzene rings is 1. The topological polar surface area (TPSA) is 54.4 Å². The second-order valence-corrected chi connectivity index (χ2v) is 5.73. The zero-order chi connectivity index (χ0) is 14.1. The molecule has 0 saturated carbocycles. The Bertz CT molecular complexity index is 470. The van der Waals surface area contributed by atoms with Gasteiger partial charge in [-0.1, -0.05) is 32.9 Å². The molecule has 0 heterocycles. The highest BCUT2D eigenvalue weighted by Crippen LogP contribution is 2.27. The van der Waals surface area contributed by atoms with E-state index in [1.165, 1.54) is 0 Å². The number of carbonyl (C=O) groups is 2. The zero-order valence-corrected chi connectivity index (χ0v) is 11.6. The summed E-state index contributed by atoms with van der Waals surface area (Å²) in [6.07, 6.45) is -0.448. The SMILES string of the molecule is Cc1cc(C(C)(C)C)cc(C)c1C(=O)CC(=O)O. The highest BCUT2D eigenvalue weighted by molar-refractivity contribution is 6.07. The van der Waals surface area contributed by atoms with E-state index in [-0.39, 0.29) is 11.2 Å². The van der Waals surface area contributed by atoms with Gasteiger partial charge in [0.05, 0.1) is 0 Å². The molecular weight excluding hydrogens is 228 g/mol. The van der Waals surface area contributed by atoms with Gasteiger partial charge in [-0.05, 0) is 36.0 Å². The molecule has 1 aromatic rings. The minimum absolute atomic E-state index is 0.0178. The van der Waals surface area contributed by atoms with Gasteiger partial charge in [-0.2, -0.15) is 0 Å². The van der Waals surface area contributed by atoms with Crippen molar-refractivity contribution >= 4 is 11.8 Å². The van der Waals surface area contributed by atoms with Crippen LogP contribution in [0.25, 0.3) is 0 Å². The maximum Gasteiger partial charge on any atom is 0.311 e. The molecule has 0 atom stereocenters. The lowest BCUT2D eigenvalue weighted by Gasteiger charge is -2.22. The Labute approximate surface area is 108 Å². The third-order valence-corrected chi connectivity index (χ3v) is 2.99. The molecular formula is C15H20O3. The Morgan fingerprint density at radius 1 is 1.11 bits per heavy atom. The molecule has 0 aliphatic rings. The zero-order valence-electron chi connectivity index (χ0n) is 11.6. The second kappa shape index (κ2) is 4.92. The average molecular weight is 248 g/mol. The van der Waals surface area contributed by atoms with E-state index >= 15 is 0 Å². The summed E-state index contributed by atoms with van der Waals surface area (Å²) in [5.41, 5.74) is 3.43. The van der Waals surface area contributed by atoms with Gasteiger partial charge >= 0.3 is 5.97 Å². The van der Waals surface area contributed by atoms with Crippen LogP contribution in [0.15, 0.2) is 12.1 Å². The molecule has 18 heavy (non-hydrogen) atoms. The first kappa shape index (κ1) is 14.4. The molecule has 0 amide bonds. The summed E-state index contributed by atoms with van der Waals surface area (Å²) >= 11 is 0.